The Labute approximate surface area is 224 Å². The van der Waals surface area contributed by atoms with E-state index in [0.29, 0.717) is 0 Å². The van der Waals surface area contributed by atoms with Gasteiger partial charge in [0.1, 0.15) is 18.2 Å². The SMILES string of the molecule is [2H]C1(c2ccc(-c3cc[n+](C)c(-c4c(C)ccc5c4oc4c6ccccc6ccc54)c3)cn2)CC2CC(C2)C1. The largest absolute Gasteiger partial charge is 0.454 e. The number of hydrogen-bond acceptors (Lipinski definition) is 2. The van der Waals surface area contributed by atoms with Crippen LogP contribution in [0.3, 0.4) is 0 Å². The van der Waals surface area contributed by atoms with Crippen molar-refractivity contribution >= 4 is 32.7 Å². The van der Waals surface area contributed by atoms with Gasteiger partial charge in [-0.3, -0.25) is 4.98 Å². The highest BCUT2D eigenvalue weighted by atomic mass is 16.3. The molecule has 0 radical (unpaired) electrons. The summed E-state index contributed by atoms with van der Waals surface area (Å²) in [5.41, 5.74) is 8.39. The lowest BCUT2D eigenvalue weighted by atomic mass is 9.61. The zero-order chi connectivity index (χ0) is 26.3. The average molecular weight is 497 g/mol. The van der Waals surface area contributed by atoms with Crippen LogP contribution in [0.1, 0.15) is 44.2 Å². The molecule has 3 heterocycles. The molecule has 3 nitrogen and oxygen atoms in total. The molecule has 186 valence electrons. The fraction of sp³-hybridized carbons (Fsp3) is 0.257. The summed E-state index contributed by atoms with van der Waals surface area (Å²) in [6.07, 6.45) is 8.63. The van der Waals surface area contributed by atoms with Crippen molar-refractivity contribution < 1.29 is 10.4 Å². The van der Waals surface area contributed by atoms with Crippen molar-refractivity contribution in [1.82, 2.24) is 4.98 Å². The zero-order valence-electron chi connectivity index (χ0n) is 22.9. The van der Waals surface area contributed by atoms with Gasteiger partial charge in [-0.15, -0.1) is 0 Å². The third-order valence-electron chi connectivity index (χ3n) is 9.01. The van der Waals surface area contributed by atoms with Crippen LogP contribution in [0.4, 0.5) is 0 Å². The minimum absolute atomic E-state index is 0.517. The summed E-state index contributed by atoms with van der Waals surface area (Å²) in [6.45, 7) is 2.16. The van der Waals surface area contributed by atoms with E-state index >= 15 is 0 Å². The van der Waals surface area contributed by atoms with E-state index in [0.717, 1.165) is 80.1 Å². The van der Waals surface area contributed by atoms with Crippen LogP contribution < -0.4 is 4.57 Å². The number of furan rings is 1. The van der Waals surface area contributed by atoms with Crippen LogP contribution in [0.15, 0.2) is 89.6 Å². The monoisotopic (exact) mass is 496 g/mol. The minimum Gasteiger partial charge on any atom is -0.454 e. The maximum absolute atomic E-state index is 9.09. The third kappa shape index (κ3) is 3.34. The Morgan fingerprint density at radius 2 is 1.61 bits per heavy atom. The molecule has 0 aliphatic heterocycles. The molecule has 3 aliphatic rings. The molecule has 0 amide bonds. The van der Waals surface area contributed by atoms with E-state index in [4.69, 9.17) is 10.8 Å². The highest BCUT2D eigenvalue weighted by molar-refractivity contribution is 6.17. The first kappa shape index (κ1) is 21.0. The molecule has 6 aromatic rings. The lowest BCUT2D eigenvalue weighted by Gasteiger charge is -2.45. The van der Waals surface area contributed by atoms with Crippen LogP contribution in [-0.4, -0.2) is 4.98 Å². The van der Waals surface area contributed by atoms with Crippen molar-refractivity contribution in [2.75, 3.05) is 0 Å². The van der Waals surface area contributed by atoms with Crippen molar-refractivity contribution in [3.8, 4) is 22.4 Å². The van der Waals surface area contributed by atoms with Crippen molar-refractivity contribution in [1.29, 1.82) is 0 Å². The molecule has 0 spiro atoms. The molecule has 0 saturated heterocycles. The molecule has 2 bridgehead atoms. The Morgan fingerprint density at radius 3 is 2.42 bits per heavy atom. The molecule has 3 aromatic carbocycles. The van der Waals surface area contributed by atoms with E-state index in [1.165, 1.54) is 23.8 Å². The van der Waals surface area contributed by atoms with Crippen LogP contribution in [-0.2, 0) is 7.05 Å². The summed E-state index contributed by atoms with van der Waals surface area (Å²) >= 11 is 0. The fourth-order valence-corrected chi connectivity index (χ4v) is 6.95. The minimum atomic E-state index is -0.517. The first-order valence-electron chi connectivity index (χ1n) is 14.3. The Kier molecular flexibility index (Phi) is 4.57. The summed E-state index contributed by atoms with van der Waals surface area (Å²) in [5.74, 6) is 0.930. The van der Waals surface area contributed by atoms with E-state index in [-0.39, 0.29) is 0 Å². The van der Waals surface area contributed by atoms with E-state index in [2.05, 4.69) is 97.5 Å². The van der Waals surface area contributed by atoms with E-state index in [1.54, 1.807) is 0 Å². The van der Waals surface area contributed by atoms with Crippen molar-refractivity contribution in [3.05, 3.63) is 96.4 Å². The highest BCUT2D eigenvalue weighted by Gasteiger charge is 2.39. The van der Waals surface area contributed by atoms with Gasteiger partial charge in [0, 0.05) is 53.0 Å². The zero-order valence-corrected chi connectivity index (χ0v) is 21.9. The van der Waals surface area contributed by atoms with Gasteiger partial charge in [-0.25, -0.2) is 4.57 Å². The Hall–Kier alpha value is -3.98. The maximum Gasteiger partial charge on any atom is 0.216 e. The average Bonchev–Trinajstić information content (AvgIpc) is 3.32. The second kappa shape index (κ2) is 8.26. The summed E-state index contributed by atoms with van der Waals surface area (Å²) in [7, 11) is 2.09. The quantitative estimate of drug-likeness (QED) is 0.230. The molecule has 0 unspecified atom stereocenters. The smallest absolute Gasteiger partial charge is 0.216 e. The van der Waals surface area contributed by atoms with Crippen molar-refractivity contribution in [2.24, 2.45) is 18.9 Å². The van der Waals surface area contributed by atoms with E-state index in [1.807, 2.05) is 6.20 Å². The van der Waals surface area contributed by atoms with Gasteiger partial charge in [0.25, 0.3) is 0 Å². The topological polar surface area (TPSA) is 29.9 Å². The van der Waals surface area contributed by atoms with Gasteiger partial charge < -0.3 is 4.42 Å². The molecular formula is C35H31N2O+. The first-order valence-corrected chi connectivity index (χ1v) is 13.8. The van der Waals surface area contributed by atoms with Gasteiger partial charge in [-0.2, -0.15) is 0 Å². The molecule has 0 atom stereocenters. The molecule has 3 fully saturated rings. The number of aromatic nitrogens is 2. The number of pyridine rings is 2. The molecular weight excluding hydrogens is 464 g/mol. The number of aryl methyl sites for hydroxylation is 2. The van der Waals surface area contributed by atoms with Crippen LogP contribution in [0.5, 0.6) is 0 Å². The van der Waals surface area contributed by atoms with Gasteiger partial charge in [-0.1, -0.05) is 48.5 Å². The van der Waals surface area contributed by atoms with E-state index < -0.39 is 5.89 Å². The Bertz CT molecular complexity index is 1900. The van der Waals surface area contributed by atoms with Crippen LogP contribution in [0.25, 0.3) is 55.1 Å². The molecule has 3 saturated carbocycles. The van der Waals surface area contributed by atoms with Gasteiger partial charge in [0.05, 0.1) is 5.56 Å². The molecule has 3 aliphatic carbocycles. The normalized spacial score (nSPS) is 23.1. The van der Waals surface area contributed by atoms with Gasteiger partial charge in [0.2, 0.25) is 5.69 Å². The number of nitrogens with zero attached hydrogens (tertiary/aromatic N) is 2. The Morgan fingerprint density at radius 1 is 0.816 bits per heavy atom. The summed E-state index contributed by atoms with van der Waals surface area (Å²) in [6, 6.07) is 25.8. The predicted octanol–water partition coefficient (Wildman–Crippen LogP) is 8.50. The van der Waals surface area contributed by atoms with Crippen molar-refractivity contribution in [3.63, 3.8) is 0 Å². The number of rotatable bonds is 3. The summed E-state index contributed by atoms with van der Waals surface area (Å²) in [5, 5.41) is 4.61. The predicted molar refractivity (Wildman–Crippen MR) is 154 cm³/mol. The van der Waals surface area contributed by atoms with Crippen LogP contribution in [0.2, 0.25) is 0 Å². The lowest BCUT2D eigenvalue weighted by Crippen LogP contribution is -2.33. The first-order chi connectivity index (χ1) is 19.0. The molecule has 3 heteroatoms. The lowest BCUT2D eigenvalue weighted by molar-refractivity contribution is -0.660. The summed E-state index contributed by atoms with van der Waals surface area (Å²) in [4.78, 5) is 4.84. The van der Waals surface area contributed by atoms with Crippen LogP contribution >= 0.6 is 0 Å². The highest BCUT2D eigenvalue weighted by Crippen LogP contribution is 2.51. The maximum atomic E-state index is 9.09. The molecule has 9 rings (SSSR count). The Balaban J connectivity index is 1.24. The van der Waals surface area contributed by atoms with Gasteiger partial charge in [0.15, 0.2) is 6.20 Å². The van der Waals surface area contributed by atoms with Gasteiger partial charge >= 0.3 is 0 Å². The number of benzene rings is 3. The van der Waals surface area contributed by atoms with Crippen LogP contribution in [0, 0.1) is 18.8 Å². The molecule has 3 aromatic heterocycles. The summed E-state index contributed by atoms with van der Waals surface area (Å²) < 4.78 is 18.0. The second-order valence-corrected chi connectivity index (χ2v) is 11.5. The molecule has 0 N–H and O–H groups in total. The van der Waals surface area contributed by atoms with Crippen molar-refractivity contribution in [2.45, 2.75) is 38.5 Å². The second-order valence-electron chi connectivity index (χ2n) is 11.5. The number of fused-ring (bicyclic) bond motifs is 7. The number of hydrogen-bond donors (Lipinski definition) is 0. The third-order valence-corrected chi connectivity index (χ3v) is 9.01. The van der Waals surface area contributed by atoms with Gasteiger partial charge in [-0.05, 0) is 73.1 Å². The fourth-order valence-electron chi connectivity index (χ4n) is 6.95. The standard InChI is InChI=1S/C35H31N2O/c1-21-7-10-30-29-11-8-24-5-3-4-6-28(24)34(29)38-35(30)33(21)32-19-25(13-14-37(32)2)26-9-12-31(36-20-26)27-17-22-15-23(16-22)18-27/h3-14,19-20,22-23,27H,15-18H2,1-2H3/q+1/i27D. The van der Waals surface area contributed by atoms with E-state index in [9.17, 15) is 0 Å². The molecule has 38 heavy (non-hydrogen) atoms.